The average molecular weight is 210 g/mol. The smallest absolute Gasteiger partial charge is 0.120 e. The zero-order valence-electron chi connectivity index (χ0n) is 9.49. The maximum absolute atomic E-state index is 5.88. The molecule has 0 aliphatic rings. The minimum absolute atomic E-state index is 0.377. The van der Waals surface area contributed by atoms with Crippen LogP contribution in [0.1, 0.15) is 31.0 Å². The Labute approximate surface area is 95.5 Å². The number of terminal acetylenes is 1. The van der Waals surface area contributed by atoms with Gasteiger partial charge in [0, 0.05) is 17.3 Å². The lowest BCUT2D eigenvalue weighted by molar-refractivity contribution is 0.876. The monoisotopic (exact) mass is 210 g/mol. The van der Waals surface area contributed by atoms with E-state index < -0.39 is 0 Å². The van der Waals surface area contributed by atoms with Gasteiger partial charge in [0.15, 0.2) is 0 Å². The summed E-state index contributed by atoms with van der Waals surface area (Å²) in [5, 5.41) is 2.11. The first-order chi connectivity index (χ1) is 7.63. The van der Waals surface area contributed by atoms with Crippen molar-refractivity contribution in [2.24, 2.45) is 0 Å². The summed E-state index contributed by atoms with van der Waals surface area (Å²) >= 11 is 0. The van der Waals surface area contributed by atoms with Gasteiger partial charge in [-0.3, -0.25) is 0 Å². The molecule has 0 amide bonds. The second kappa shape index (κ2) is 3.86. The van der Waals surface area contributed by atoms with Crippen molar-refractivity contribution in [3.63, 3.8) is 0 Å². The number of anilines is 1. The lowest BCUT2D eigenvalue weighted by Crippen LogP contribution is -1.97. The largest absolute Gasteiger partial charge is 0.399 e. The highest BCUT2D eigenvalue weighted by Crippen LogP contribution is 2.29. The van der Waals surface area contributed by atoms with Crippen molar-refractivity contribution in [1.29, 1.82) is 0 Å². The van der Waals surface area contributed by atoms with E-state index in [1.165, 1.54) is 0 Å². The first kappa shape index (κ1) is 10.5. The van der Waals surface area contributed by atoms with Gasteiger partial charge in [0.25, 0.3) is 0 Å². The highest BCUT2D eigenvalue weighted by molar-refractivity contribution is 5.92. The van der Waals surface area contributed by atoms with Gasteiger partial charge >= 0.3 is 0 Å². The van der Waals surface area contributed by atoms with Crippen LogP contribution in [0.25, 0.3) is 10.8 Å². The van der Waals surface area contributed by atoms with E-state index in [0.717, 1.165) is 22.0 Å². The Kier molecular flexibility index (Phi) is 2.54. The molecule has 1 aromatic heterocycles. The number of benzene rings is 1. The van der Waals surface area contributed by atoms with Crippen molar-refractivity contribution in [2.75, 3.05) is 5.73 Å². The van der Waals surface area contributed by atoms with Gasteiger partial charge in [-0.05, 0) is 41.0 Å². The van der Waals surface area contributed by atoms with Gasteiger partial charge in [0.1, 0.15) is 5.69 Å². The number of hydrogen-bond donors (Lipinski definition) is 1. The van der Waals surface area contributed by atoms with Crippen molar-refractivity contribution in [3.05, 3.63) is 35.7 Å². The van der Waals surface area contributed by atoms with Crippen molar-refractivity contribution in [3.8, 4) is 12.3 Å². The number of aromatic nitrogens is 1. The van der Waals surface area contributed by atoms with Gasteiger partial charge in [0.05, 0.1) is 0 Å². The zero-order chi connectivity index (χ0) is 11.7. The molecule has 2 nitrogen and oxygen atoms in total. The minimum Gasteiger partial charge on any atom is -0.399 e. The van der Waals surface area contributed by atoms with Gasteiger partial charge in [0.2, 0.25) is 0 Å². The molecule has 80 valence electrons. The number of rotatable bonds is 1. The van der Waals surface area contributed by atoms with Crippen LogP contribution >= 0.6 is 0 Å². The summed E-state index contributed by atoms with van der Waals surface area (Å²) in [4.78, 5) is 4.22. The fourth-order valence-electron chi connectivity index (χ4n) is 1.94. The van der Waals surface area contributed by atoms with Crippen molar-refractivity contribution in [1.82, 2.24) is 4.98 Å². The van der Waals surface area contributed by atoms with Gasteiger partial charge < -0.3 is 5.73 Å². The summed E-state index contributed by atoms with van der Waals surface area (Å²) in [5.41, 5.74) is 8.51. The minimum atomic E-state index is 0.377. The van der Waals surface area contributed by atoms with Gasteiger partial charge in [-0.15, -0.1) is 6.42 Å². The van der Waals surface area contributed by atoms with E-state index in [0.29, 0.717) is 11.6 Å². The molecule has 0 aliphatic carbocycles. The van der Waals surface area contributed by atoms with E-state index in [9.17, 15) is 0 Å². The topological polar surface area (TPSA) is 38.9 Å². The van der Waals surface area contributed by atoms with Gasteiger partial charge in [-0.25, -0.2) is 4.98 Å². The molecule has 0 unspecified atom stereocenters. The Balaban J connectivity index is 2.92. The Bertz CT molecular complexity index is 577. The third-order valence-electron chi connectivity index (χ3n) is 2.67. The maximum Gasteiger partial charge on any atom is 0.120 e. The number of hydrogen-bond acceptors (Lipinski definition) is 2. The number of nitrogens with two attached hydrogens (primary N) is 1. The molecule has 0 fully saturated rings. The molecular weight excluding hydrogens is 196 g/mol. The Morgan fingerprint density at radius 2 is 2.12 bits per heavy atom. The van der Waals surface area contributed by atoms with Gasteiger partial charge in [-0.2, -0.15) is 0 Å². The van der Waals surface area contributed by atoms with E-state index in [1.54, 1.807) is 6.20 Å². The highest BCUT2D eigenvalue weighted by atomic mass is 14.7. The van der Waals surface area contributed by atoms with Crippen LogP contribution in [-0.4, -0.2) is 4.98 Å². The second-order valence-electron chi connectivity index (χ2n) is 4.17. The summed E-state index contributed by atoms with van der Waals surface area (Å²) in [6.07, 6.45) is 7.20. The van der Waals surface area contributed by atoms with E-state index in [1.807, 2.05) is 18.2 Å². The Morgan fingerprint density at radius 1 is 1.38 bits per heavy atom. The summed E-state index contributed by atoms with van der Waals surface area (Å²) in [6.45, 7) is 4.25. The Hall–Kier alpha value is -2.01. The van der Waals surface area contributed by atoms with Crippen LogP contribution in [-0.2, 0) is 0 Å². The highest BCUT2D eigenvalue weighted by Gasteiger charge is 2.10. The Morgan fingerprint density at radius 3 is 2.75 bits per heavy atom. The lowest BCUT2D eigenvalue weighted by atomic mass is 9.94. The lowest BCUT2D eigenvalue weighted by Gasteiger charge is -2.12. The number of fused-ring (bicyclic) bond motifs is 1. The number of nitrogen functional groups attached to an aromatic ring is 1. The predicted octanol–water partition coefficient (Wildman–Crippen LogP) is 2.92. The first-order valence-corrected chi connectivity index (χ1v) is 5.28. The zero-order valence-corrected chi connectivity index (χ0v) is 9.49. The summed E-state index contributed by atoms with van der Waals surface area (Å²) in [7, 11) is 0. The third kappa shape index (κ3) is 1.61. The van der Waals surface area contributed by atoms with Crippen LogP contribution in [0.3, 0.4) is 0 Å². The van der Waals surface area contributed by atoms with E-state index in [-0.39, 0.29) is 0 Å². The molecule has 0 aliphatic heterocycles. The van der Waals surface area contributed by atoms with Crippen LogP contribution in [0.5, 0.6) is 0 Å². The number of nitrogens with zero attached hydrogens (tertiary/aromatic N) is 1. The van der Waals surface area contributed by atoms with Gasteiger partial charge in [-0.1, -0.05) is 13.8 Å². The molecule has 2 aromatic rings. The SMILES string of the molecule is C#Cc1nccc2cc(N)cc(C(C)C)c12. The second-order valence-corrected chi connectivity index (χ2v) is 4.17. The van der Waals surface area contributed by atoms with Crippen molar-refractivity contribution in [2.45, 2.75) is 19.8 Å². The van der Waals surface area contributed by atoms with Crippen LogP contribution in [0, 0.1) is 12.3 Å². The van der Waals surface area contributed by atoms with Crippen LogP contribution in [0.4, 0.5) is 5.69 Å². The third-order valence-corrected chi connectivity index (χ3v) is 2.67. The van der Waals surface area contributed by atoms with Crippen LogP contribution < -0.4 is 5.73 Å². The maximum atomic E-state index is 5.88. The molecular formula is C14H14N2. The van der Waals surface area contributed by atoms with E-state index >= 15 is 0 Å². The standard InChI is InChI=1S/C14H14N2/c1-4-13-14-10(5-6-16-13)7-11(15)8-12(14)9(2)3/h1,5-9H,15H2,2-3H3. The average Bonchev–Trinajstić information content (AvgIpc) is 2.26. The summed E-state index contributed by atoms with van der Waals surface area (Å²) in [6, 6.07) is 5.86. The molecule has 0 spiro atoms. The first-order valence-electron chi connectivity index (χ1n) is 5.28. The van der Waals surface area contributed by atoms with Crippen molar-refractivity contribution >= 4 is 16.5 Å². The molecule has 0 radical (unpaired) electrons. The van der Waals surface area contributed by atoms with Crippen LogP contribution in [0.15, 0.2) is 24.4 Å². The molecule has 0 saturated heterocycles. The fraction of sp³-hybridized carbons (Fsp3) is 0.214. The predicted molar refractivity (Wildman–Crippen MR) is 68.2 cm³/mol. The molecule has 2 rings (SSSR count). The molecule has 0 atom stereocenters. The van der Waals surface area contributed by atoms with E-state index in [2.05, 4.69) is 24.8 Å². The molecule has 0 bridgehead atoms. The molecule has 1 aromatic carbocycles. The van der Waals surface area contributed by atoms with Crippen LogP contribution in [0.2, 0.25) is 0 Å². The number of pyridine rings is 1. The normalized spacial score (nSPS) is 10.6. The van der Waals surface area contributed by atoms with Crippen molar-refractivity contribution < 1.29 is 0 Å². The molecule has 1 heterocycles. The fourth-order valence-corrected chi connectivity index (χ4v) is 1.94. The quantitative estimate of drug-likeness (QED) is 0.580. The summed E-state index contributed by atoms with van der Waals surface area (Å²) in [5.74, 6) is 3.01. The molecule has 2 N–H and O–H groups in total. The molecule has 0 saturated carbocycles. The molecule has 2 heteroatoms. The summed E-state index contributed by atoms with van der Waals surface area (Å²) < 4.78 is 0. The molecule has 16 heavy (non-hydrogen) atoms. The van der Waals surface area contributed by atoms with E-state index in [4.69, 9.17) is 12.2 Å².